The molecule has 1 heterocycles. The van der Waals surface area contributed by atoms with Crippen LogP contribution in [0.1, 0.15) is 55.4 Å². The molecule has 1 aromatic heterocycles. The highest BCUT2D eigenvalue weighted by Gasteiger charge is 2.13. The molecular formula is C75H87N3O. The van der Waals surface area contributed by atoms with Gasteiger partial charge >= 0.3 is 0 Å². The van der Waals surface area contributed by atoms with Crippen molar-refractivity contribution in [3.8, 4) is 22.3 Å². The first-order chi connectivity index (χ1) is 38.9. The number of nitrogens with zero attached hydrogens (tertiary/aromatic N) is 2. The topological polar surface area (TPSA) is 31.6 Å². The average molecular weight is 1050 g/mol. The number of anilines is 3. The molecule has 79 heavy (non-hydrogen) atoms. The monoisotopic (exact) mass is 1050 g/mol. The number of nitrogens with one attached hydrogen (secondary N) is 1. The third-order valence-corrected chi connectivity index (χ3v) is 11.0. The number of hydrogen-bond acceptors (Lipinski definition) is 4. The van der Waals surface area contributed by atoms with Gasteiger partial charge in [-0.2, -0.15) is 0 Å². The Morgan fingerprint density at radius 1 is 0.266 bits per heavy atom. The van der Waals surface area contributed by atoms with Gasteiger partial charge in [0.25, 0.3) is 0 Å². The van der Waals surface area contributed by atoms with Crippen molar-refractivity contribution in [2.75, 3.05) is 40.1 Å². The van der Waals surface area contributed by atoms with Crippen molar-refractivity contribution in [1.29, 1.82) is 0 Å². The number of fused-ring (bicyclic) bond motifs is 5. The van der Waals surface area contributed by atoms with E-state index >= 15 is 0 Å². The summed E-state index contributed by atoms with van der Waals surface area (Å²) in [5.41, 5.74) is 10.5. The van der Waals surface area contributed by atoms with Crippen LogP contribution >= 0.6 is 0 Å². The lowest BCUT2D eigenvalue weighted by molar-refractivity contribution is 0.505. The Balaban J connectivity index is 0.000000269. The predicted molar refractivity (Wildman–Crippen MR) is 354 cm³/mol. The first-order valence-electron chi connectivity index (χ1n) is 28.0. The van der Waals surface area contributed by atoms with Crippen LogP contribution in [0.15, 0.2) is 290 Å². The smallest absolute Gasteiger partial charge is 0.135 e. The quantitative estimate of drug-likeness (QED) is 0.186. The van der Waals surface area contributed by atoms with Crippen LogP contribution in [0.25, 0.3) is 65.7 Å². The first-order valence-corrected chi connectivity index (χ1v) is 28.0. The molecule has 0 amide bonds. The normalized spacial score (nSPS) is 9.49. The SMILES string of the molecule is CC.CC.CC.CC.CN(C)C.CNC.c1ccc(-c2ccccc2)cc1.c1ccc(-c2ccccc2)cc1.c1ccc(N(c2ccc3ccccc3c2)c2ccc3ccccc3c2)cc1.c1ccc2c(c1)oc1ccccc12. The van der Waals surface area contributed by atoms with E-state index in [4.69, 9.17) is 4.42 Å². The number of furan rings is 1. The van der Waals surface area contributed by atoms with E-state index in [0.717, 1.165) is 28.2 Å². The van der Waals surface area contributed by atoms with E-state index in [1.54, 1.807) is 0 Å². The number of para-hydroxylation sites is 3. The molecular weight excluding hydrogens is 959 g/mol. The summed E-state index contributed by atoms with van der Waals surface area (Å²) in [5.74, 6) is 0. The van der Waals surface area contributed by atoms with Crippen molar-refractivity contribution in [3.05, 3.63) is 285 Å². The molecule has 0 atom stereocenters. The minimum absolute atomic E-state index is 0.962. The lowest BCUT2D eigenvalue weighted by Crippen LogP contribution is -2.09. The molecule has 0 aliphatic heterocycles. The minimum Gasteiger partial charge on any atom is -0.456 e. The molecule has 0 fully saturated rings. The van der Waals surface area contributed by atoms with Crippen LogP contribution in [0.4, 0.5) is 17.1 Å². The van der Waals surface area contributed by atoms with Crippen LogP contribution in [-0.2, 0) is 0 Å². The van der Waals surface area contributed by atoms with E-state index in [9.17, 15) is 0 Å². The summed E-state index contributed by atoms with van der Waals surface area (Å²) in [5, 5.41) is 10.1. The lowest BCUT2D eigenvalue weighted by atomic mass is 10.1. The molecule has 0 unspecified atom stereocenters. The number of hydrogen-bond donors (Lipinski definition) is 1. The van der Waals surface area contributed by atoms with E-state index in [1.165, 1.54) is 54.6 Å². The van der Waals surface area contributed by atoms with Crippen molar-refractivity contribution >= 4 is 60.5 Å². The predicted octanol–water partition coefficient (Wildman–Crippen LogP) is 21.9. The van der Waals surface area contributed by atoms with Gasteiger partial charge in [-0.3, -0.25) is 0 Å². The number of rotatable bonds is 5. The molecule has 12 rings (SSSR count). The maximum absolute atomic E-state index is 5.65. The van der Waals surface area contributed by atoms with Gasteiger partial charge in [-0.1, -0.05) is 292 Å². The molecule has 4 nitrogen and oxygen atoms in total. The fraction of sp³-hybridized carbons (Fsp3) is 0.173. The average Bonchev–Trinajstić information content (AvgIpc) is 3.95. The minimum atomic E-state index is 0.962. The largest absolute Gasteiger partial charge is 0.456 e. The fourth-order valence-electron chi connectivity index (χ4n) is 7.85. The summed E-state index contributed by atoms with van der Waals surface area (Å²) in [7, 11) is 9.75. The van der Waals surface area contributed by atoms with E-state index in [1.807, 2.05) is 156 Å². The van der Waals surface area contributed by atoms with Gasteiger partial charge in [-0.15, -0.1) is 0 Å². The Kier molecular flexibility index (Phi) is 31.9. The van der Waals surface area contributed by atoms with E-state index < -0.39 is 0 Å². The molecule has 12 aromatic rings. The zero-order valence-electron chi connectivity index (χ0n) is 49.4. The summed E-state index contributed by atoms with van der Waals surface area (Å²) in [6.45, 7) is 16.0. The Bertz CT molecular complexity index is 3110. The van der Waals surface area contributed by atoms with Crippen molar-refractivity contribution in [1.82, 2.24) is 10.2 Å². The van der Waals surface area contributed by atoms with Gasteiger partial charge in [0.15, 0.2) is 0 Å². The van der Waals surface area contributed by atoms with Crippen LogP contribution in [-0.4, -0.2) is 40.1 Å². The molecule has 11 aromatic carbocycles. The third-order valence-electron chi connectivity index (χ3n) is 11.0. The second-order valence-electron chi connectivity index (χ2n) is 17.1. The lowest BCUT2D eigenvalue weighted by Gasteiger charge is -2.26. The highest BCUT2D eigenvalue weighted by molar-refractivity contribution is 6.04. The maximum atomic E-state index is 5.65. The second kappa shape index (κ2) is 38.9. The van der Waals surface area contributed by atoms with Crippen molar-refractivity contribution < 1.29 is 4.42 Å². The molecule has 0 saturated carbocycles. The van der Waals surface area contributed by atoms with Crippen LogP contribution in [0.2, 0.25) is 0 Å². The van der Waals surface area contributed by atoms with Gasteiger partial charge in [0.05, 0.1) is 0 Å². The maximum Gasteiger partial charge on any atom is 0.135 e. The Morgan fingerprint density at radius 3 is 0.810 bits per heavy atom. The molecule has 408 valence electrons. The van der Waals surface area contributed by atoms with Gasteiger partial charge in [0.2, 0.25) is 0 Å². The van der Waals surface area contributed by atoms with Crippen molar-refractivity contribution in [3.63, 3.8) is 0 Å². The Hall–Kier alpha value is -8.54. The zero-order chi connectivity index (χ0) is 57.5. The first kappa shape index (κ1) is 64.7. The molecule has 0 saturated heterocycles. The standard InChI is InChI=1S/C26H19N.C12H8O.2C12H10.C3H9N.C2H7N.4C2H6/c1-2-12-24(13-3-1)27(25-16-14-20-8-4-6-10-22(20)18-25)26-17-15-21-9-5-7-11-23(21)19-26;1-3-7-11-9(5-1)10-6-2-4-8-12(10)13-11;2*1-3-7-11(8-4-1)12-9-5-2-6-10-12;1-4(2)3;1-3-2;4*1-2/h1-19H;1-8H;2*1-10H;1-3H3;3H,1-2H3;4*1-2H3. The van der Waals surface area contributed by atoms with Crippen LogP contribution in [0.3, 0.4) is 0 Å². The molecule has 0 aliphatic rings. The summed E-state index contributed by atoms with van der Waals surface area (Å²) < 4.78 is 5.65. The summed E-state index contributed by atoms with van der Waals surface area (Å²) in [6.07, 6.45) is 0. The van der Waals surface area contributed by atoms with Gasteiger partial charge < -0.3 is 19.5 Å². The van der Waals surface area contributed by atoms with E-state index in [2.05, 4.69) is 235 Å². The molecule has 0 spiro atoms. The molecule has 1 N–H and O–H groups in total. The molecule has 0 bridgehead atoms. The van der Waals surface area contributed by atoms with Crippen molar-refractivity contribution in [2.45, 2.75) is 55.4 Å². The summed E-state index contributed by atoms with van der Waals surface area (Å²) >= 11 is 0. The number of benzene rings is 11. The second-order valence-corrected chi connectivity index (χ2v) is 17.1. The molecule has 0 radical (unpaired) electrons. The molecule has 4 heteroatoms. The van der Waals surface area contributed by atoms with Crippen LogP contribution in [0.5, 0.6) is 0 Å². The van der Waals surface area contributed by atoms with E-state index in [0.29, 0.717) is 0 Å². The highest BCUT2D eigenvalue weighted by atomic mass is 16.3. The van der Waals surface area contributed by atoms with Crippen LogP contribution < -0.4 is 10.2 Å². The Labute approximate surface area is 475 Å². The summed E-state index contributed by atoms with van der Waals surface area (Å²) in [6, 6.07) is 98.6. The van der Waals surface area contributed by atoms with E-state index in [-0.39, 0.29) is 0 Å². The van der Waals surface area contributed by atoms with Gasteiger partial charge in [0, 0.05) is 27.8 Å². The fourth-order valence-corrected chi connectivity index (χ4v) is 7.85. The highest BCUT2D eigenvalue weighted by Crippen LogP contribution is 2.37. The zero-order valence-corrected chi connectivity index (χ0v) is 49.4. The van der Waals surface area contributed by atoms with Crippen molar-refractivity contribution in [2.24, 2.45) is 0 Å². The Morgan fingerprint density at radius 2 is 0.506 bits per heavy atom. The van der Waals surface area contributed by atoms with Gasteiger partial charge in [-0.25, -0.2) is 0 Å². The third kappa shape index (κ3) is 21.4. The molecule has 0 aliphatic carbocycles. The van der Waals surface area contributed by atoms with Crippen LogP contribution in [0, 0.1) is 0 Å². The van der Waals surface area contributed by atoms with Gasteiger partial charge in [-0.05, 0) is 128 Å². The van der Waals surface area contributed by atoms with Gasteiger partial charge in [0.1, 0.15) is 11.2 Å². The summed E-state index contributed by atoms with van der Waals surface area (Å²) in [4.78, 5) is 4.32.